The second kappa shape index (κ2) is 32.7. The molecule has 3 heterocycles. The molecular weight excluding hydrogens is 1120 g/mol. The molecular formula is C56H78Cl2N10O15. The van der Waals surface area contributed by atoms with Gasteiger partial charge in [0, 0.05) is 123 Å². The Morgan fingerprint density at radius 3 is 1.76 bits per heavy atom. The van der Waals surface area contributed by atoms with Crippen molar-refractivity contribution >= 4 is 58.7 Å². The van der Waals surface area contributed by atoms with Crippen LogP contribution in [0.3, 0.4) is 0 Å². The maximum atomic E-state index is 14.0. The van der Waals surface area contributed by atoms with Crippen molar-refractivity contribution in [3.05, 3.63) is 75.9 Å². The number of amides is 4. The summed E-state index contributed by atoms with van der Waals surface area (Å²) in [4.78, 5) is 71.8. The van der Waals surface area contributed by atoms with Crippen LogP contribution in [-0.2, 0) is 39.9 Å². The highest BCUT2D eigenvalue weighted by molar-refractivity contribution is 6.34. The smallest absolute Gasteiger partial charge is 0.319 e. The number of ether oxygens (including phenoxy) is 6. The largest absolute Gasteiger partial charge is 0.496 e. The second-order valence-electron chi connectivity index (χ2n) is 20.7. The molecule has 4 aromatic rings. The van der Waals surface area contributed by atoms with Crippen LogP contribution >= 0.6 is 23.2 Å². The first kappa shape index (κ1) is 65.9. The van der Waals surface area contributed by atoms with Crippen LogP contribution < -0.4 is 25.4 Å². The Morgan fingerprint density at radius 1 is 0.699 bits per heavy atom. The predicted molar refractivity (Wildman–Crippen MR) is 310 cm³/mol. The highest BCUT2D eigenvalue weighted by Gasteiger charge is 2.35. The number of halogens is 2. The molecule has 0 spiro atoms. The number of carboxylic acid groups (broad SMARTS) is 2. The van der Waals surface area contributed by atoms with Gasteiger partial charge in [0.25, 0.3) is 5.91 Å². The average Bonchev–Trinajstić information content (AvgIpc) is 3.66. The van der Waals surface area contributed by atoms with Gasteiger partial charge in [0.1, 0.15) is 18.1 Å². The van der Waals surface area contributed by atoms with Gasteiger partial charge in [0.15, 0.2) is 12.0 Å². The third-order valence-corrected chi connectivity index (χ3v) is 14.0. The highest BCUT2D eigenvalue weighted by atomic mass is 35.5. The molecule has 6 rings (SSSR count). The molecule has 0 unspecified atom stereocenters. The summed E-state index contributed by atoms with van der Waals surface area (Å²) in [5.41, 5.74) is 4.14. The van der Waals surface area contributed by atoms with E-state index in [1.54, 1.807) is 68.8 Å². The molecule has 1 fully saturated rings. The lowest BCUT2D eigenvalue weighted by molar-refractivity contribution is -0.139. The zero-order chi connectivity index (χ0) is 60.1. The van der Waals surface area contributed by atoms with Crippen molar-refractivity contribution in [3.8, 4) is 39.6 Å². The number of benzene rings is 3. The third-order valence-electron chi connectivity index (χ3n) is 13.6. The Balaban J connectivity index is 0.869. The van der Waals surface area contributed by atoms with Gasteiger partial charge in [-0.25, -0.2) is 9.48 Å². The Morgan fingerprint density at radius 2 is 1.23 bits per heavy atom. The summed E-state index contributed by atoms with van der Waals surface area (Å²) in [6.07, 6.45) is -1.59. The van der Waals surface area contributed by atoms with Gasteiger partial charge in [-0.15, -0.1) is 0 Å². The number of carbonyl (C=O) groups excluding carboxylic acids is 3. The normalized spacial score (nSPS) is 14.9. The zero-order valence-corrected chi connectivity index (χ0v) is 49.2. The molecule has 0 atom stereocenters. The average molecular weight is 1200 g/mol. The van der Waals surface area contributed by atoms with Crippen LogP contribution in [0.5, 0.6) is 11.5 Å². The van der Waals surface area contributed by atoms with Gasteiger partial charge >= 0.3 is 18.0 Å². The molecule has 1 saturated heterocycles. The fourth-order valence-electron chi connectivity index (χ4n) is 9.07. The van der Waals surface area contributed by atoms with Crippen LogP contribution in [0.4, 0.5) is 10.5 Å². The number of aromatic nitrogens is 2. The molecule has 3 aromatic carbocycles. The van der Waals surface area contributed by atoms with E-state index in [1.165, 1.54) is 0 Å². The lowest BCUT2D eigenvalue weighted by Crippen LogP contribution is -2.50. The van der Waals surface area contributed by atoms with Crippen LogP contribution in [0.2, 0.25) is 10.0 Å². The molecule has 27 heteroatoms. The number of aliphatic hydroxyl groups is 2. The molecule has 0 radical (unpaired) electrons. The van der Waals surface area contributed by atoms with Gasteiger partial charge in [0.2, 0.25) is 5.91 Å². The second-order valence-corrected chi connectivity index (χ2v) is 21.6. The molecule has 456 valence electrons. The molecule has 0 saturated carbocycles. The number of carbonyl (C=O) groups is 5. The van der Waals surface area contributed by atoms with E-state index in [1.807, 2.05) is 49.9 Å². The maximum absolute atomic E-state index is 14.0. The first-order valence-electron chi connectivity index (χ1n) is 27.3. The van der Waals surface area contributed by atoms with Gasteiger partial charge in [-0.3, -0.25) is 38.8 Å². The topological polar surface area (TPSA) is 292 Å². The molecule has 2 aliphatic rings. The van der Waals surface area contributed by atoms with Crippen LogP contribution in [0.1, 0.15) is 36.8 Å². The van der Waals surface area contributed by atoms with Crippen molar-refractivity contribution < 1.29 is 72.8 Å². The number of hydrogen-bond acceptors (Lipinski definition) is 18. The van der Waals surface area contributed by atoms with Crippen LogP contribution in [0.15, 0.2) is 54.6 Å². The number of methoxy groups -OCH3 is 1. The first-order chi connectivity index (χ1) is 39.7. The van der Waals surface area contributed by atoms with E-state index < -0.39 is 29.8 Å². The summed E-state index contributed by atoms with van der Waals surface area (Å²) in [6.45, 7) is 11.0. The minimum absolute atomic E-state index is 0.0168. The number of β-amino-alcohol motifs (C(OH)–C–C–N with tert-alkyl or cyclic N) is 2. The number of carboxylic acids is 2. The lowest BCUT2D eigenvalue weighted by Gasteiger charge is -2.33. The van der Waals surface area contributed by atoms with E-state index in [2.05, 4.69) is 16.0 Å². The number of urea groups is 1. The molecule has 0 bridgehead atoms. The maximum Gasteiger partial charge on any atom is 0.319 e. The van der Waals surface area contributed by atoms with E-state index >= 15 is 0 Å². The lowest BCUT2D eigenvalue weighted by atomic mass is 9.95. The number of fused-ring (bicyclic) bond motifs is 3. The van der Waals surface area contributed by atoms with E-state index in [0.717, 1.165) is 5.56 Å². The van der Waals surface area contributed by atoms with Crippen molar-refractivity contribution in [3.63, 3.8) is 0 Å². The SMILES string of the molecule is COc1cc2c(cc1-c1cccc(NC(=O)NCCOCCOCCOCCOCCNC(=O)CN3CCN(CC(=O)O)CCN(CC(O)O)CCN(CC(=O)O)CC3)c1)-c1c(c(C(=O)N(C)C(C)(C)C)nn1-c1cc(Cl)cc(Cl)c1)CO2. The molecule has 25 nitrogen and oxygen atoms in total. The summed E-state index contributed by atoms with van der Waals surface area (Å²) >= 11 is 13.0. The summed E-state index contributed by atoms with van der Waals surface area (Å²) in [6, 6.07) is 15.7. The van der Waals surface area contributed by atoms with E-state index in [0.29, 0.717) is 147 Å². The number of aliphatic carboxylic acids is 2. The number of aliphatic hydroxyl groups excluding tert-OH is 1. The fraction of sp³-hybridized carbons (Fsp3) is 0.536. The molecule has 7 N–H and O–H groups in total. The van der Waals surface area contributed by atoms with Crippen molar-refractivity contribution in [2.24, 2.45) is 0 Å². The van der Waals surface area contributed by atoms with Crippen LogP contribution in [-0.4, -0.2) is 255 Å². The van der Waals surface area contributed by atoms with Gasteiger partial charge < -0.3 is 69.7 Å². The van der Waals surface area contributed by atoms with Crippen molar-refractivity contribution in [2.75, 3.05) is 164 Å². The summed E-state index contributed by atoms with van der Waals surface area (Å²) in [5, 5.41) is 52.2. The van der Waals surface area contributed by atoms with Gasteiger partial charge in [-0.1, -0.05) is 35.3 Å². The van der Waals surface area contributed by atoms with Crippen molar-refractivity contribution in [2.45, 2.75) is 39.2 Å². The summed E-state index contributed by atoms with van der Waals surface area (Å²) in [5.74, 6) is -1.51. The molecule has 1 aromatic heterocycles. The third kappa shape index (κ3) is 21.1. The number of nitrogens with zero attached hydrogens (tertiary/aromatic N) is 7. The first-order valence-corrected chi connectivity index (χ1v) is 28.1. The quantitative estimate of drug-likeness (QED) is 0.0317. The zero-order valence-electron chi connectivity index (χ0n) is 47.7. The number of anilines is 1. The van der Waals surface area contributed by atoms with Gasteiger partial charge in [-0.2, -0.15) is 5.10 Å². The summed E-state index contributed by atoms with van der Waals surface area (Å²) < 4.78 is 36.2. The van der Waals surface area contributed by atoms with Crippen molar-refractivity contribution in [1.29, 1.82) is 0 Å². The number of rotatable bonds is 28. The number of nitrogens with one attached hydrogen (secondary N) is 3. The van der Waals surface area contributed by atoms with E-state index in [-0.39, 0.29) is 76.6 Å². The standard InChI is InChI=1S/C56H78Cl2N10O15/c1-56(2,3)63(4)54(76)52-45-37-83-47-32-46(78-5)43(31-44(47)53(45)68(62-52)42-29-39(57)28-40(58)30-42)38-7-6-8-41(27-38)61-55(77)60-10-20-80-22-24-82-26-25-81-23-21-79-19-9-59-48(69)33-64-11-13-65(34-49(70)71)15-17-67(36-51(74)75)18-16-66(14-12-64)35-50(72)73/h6-8,27-32,51,74-75H,9-26,33-37H2,1-5H3,(H,59,69)(H,70,71)(H,72,73)(H2,60,61,77). The molecule has 4 amide bonds. The highest BCUT2D eigenvalue weighted by Crippen LogP contribution is 2.47. The number of hydrogen-bond donors (Lipinski definition) is 7. The van der Waals surface area contributed by atoms with Gasteiger partial charge in [0.05, 0.1) is 91.0 Å². The van der Waals surface area contributed by atoms with E-state index in [9.17, 15) is 44.4 Å². The Kier molecular flexibility index (Phi) is 26.0. The predicted octanol–water partition coefficient (Wildman–Crippen LogP) is 3.29. The molecule has 83 heavy (non-hydrogen) atoms. The molecule has 0 aliphatic carbocycles. The monoisotopic (exact) mass is 1200 g/mol. The van der Waals surface area contributed by atoms with Crippen LogP contribution in [0, 0.1) is 0 Å². The summed E-state index contributed by atoms with van der Waals surface area (Å²) in [7, 11) is 3.30. The van der Waals surface area contributed by atoms with E-state index in [4.69, 9.17) is 56.7 Å². The van der Waals surface area contributed by atoms with Gasteiger partial charge in [-0.05, 0) is 62.7 Å². The Hall–Kier alpha value is -6.20. The molecule has 2 aliphatic heterocycles. The minimum atomic E-state index is -1.59. The van der Waals surface area contributed by atoms with Crippen LogP contribution in [0.25, 0.3) is 28.1 Å². The Labute approximate surface area is 493 Å². The van der Waals surface area contributed by atoms with Crippen molar-refractivity contribution in [1.82, 2.24) is 44.9 Å². The minimum Gasteiger partial charge on any atom is -0.496 e. The fourth-order valence-corrected chi connectivity index (χ4v) is 9.58. The Bertz CT molecular complexity index is 2750.